The Balaban J connectivity index is 1.41. The van der Waals surface area contributed by atoms with Gasteiger partial charge in [-0.15, -0.1) is 0 Å². The number of halogens is 1. The summed E-state index contributed by atoms with van der Waals surface area (Å²) in [6.07, 6.45) is 3.14. The third-order valence-electron chi connectivity index (χ3n) is 6.44. The topological polar surface area (TPSA) is 84.3 Å². The van der Waals surface area contributed by atoms with Gasteiger partial charge in [0.2, 0.25) is 0 Å². The van der Waals surface area contributed by atoms with Crippen LogP contribution in [-0.4, -0.2) is 49.0 Å². The highest BCUT2D eigenvalue weighted by atomic mass is 32.2. The first-order valence-electron chi connectivity index (χ1n) is 11.9. The van der Waals surface area contributed by atoms with Crippen LogP contribution in [0.1, 0.15) is 55.6 Å². The highest BCUT2D eigenvalue weighted by Crippen LogP contribution is 2.25. The molecule has 1 saturated heterocycles. The zero-order chi connectivity index (χ0) is 25.2. The van der Waals surface area contributed by atoms with Gasteiger partial charge in [-0.3, -0.25) is 4.79 Å². The Bertz CT molecular complexity index is 1280. The number of anilines is 1. The van der Waals surface area contributed by atoms with Crippen LogP contribution >= 0.6 is 0 Å². The molecule has 2 aromatic carbocycles. The van der Waals surface area contributed by atoms with Crippen LogP contribution < -0.4 is 10.2 Å². The Labute approximate surface area is 205 Å². The molecule has 1 aliphatic rings. The van der Waals surface area contributed by atoms with E-state index in [9.17, 15) is 17.6 Å². The fraction of sp³-hybridized carbons (Fsp3) is 0.385. The van der Waals surface area contributed by atoms with E-state index in [4.69, 9.17) is 0 Å². The number of carbonyl (C=O) groups excluding carboxylic acids is 1. The van der Waals surface area contributed by atoms with Gasteiger partial charge in [-0.1, -0.05) is 20.8 Å². The number of nitrogens with zero attached hydrogens (tertiary/aromatic N) is 3. The SMILES string of the molecule is CCS(=O)(=O)c1ccc(N2CCC(NC(=O)c3cnn(-c4ccc(F)cc4)c3C(C)C)CC2)cc1. The van der Waals surface area contributed by atoms with Crippen LogP contribution in [0.5, 0.6) is 0 Å². The van der Waals surface area contributed by atoms with Gasteiger partial charge < -0.3 is 10.2 Å². The normalized spacial score (nSPS) is 14.9. The molecule has 0 aliphatic carbocycles. The number of hydrogen-bond donors (Lipinski definition) is 1. The maximum absolute atomic E-state index is 13.3. The molecular weight excluding hydrogens is 467 g/mol. The second-order valence-corrected chi connectivity index (χ2v) is 11.4. The van der Waals surface area contributed by atoms with E-state index < -0.39 is 9.84 Å². The molecule has 0 saturated carbocycles. The Hall–Kier alpha value is -3.20. The lowest BCUT2D eigenvalue weighted by atomic mass is 10.0. The smallest absolute Gasteiger partial charge is 0.255 e. The van der Waals surface area contributed by atoms with Crippen LogP contribution in [0.15, 0.2) is 59.6 Å². The molecule has 1 amide bonds. The first kappa shape index (κ1) is 24.9. The minimum absolute atomic E-state index is 0.0349. The average molecular weight is 499 g/mol. The van der Waals surface area contributed by atoms with Crippen LogP contribution in [0.25, 0.3) is 5.69 Å². The van der Waals surface area contributed by atoms with Crippen LogP contribution in [0.4, 0.5) is 10.1 Å². The van der Waals surface area contributed by atoms with Gasteiger partial charge in [-0.05, 0) is 67.3 Å². The molecule has 186 valence electrons. The summed E-state index contributed by atoms with van der Waals surface area (Å²) in [4.78, 5) is 15.7. The number of nitrogens with one attached hydrogen (secondary N) is 1. The first-order chi connectivity index (χ1) is 16.7. The minimum atomic E-state index is -3.21. The Morgan fingerprint density at radius 3 is 2.23 bits per heavy atom. The molecule has 1 fully saturated rings. The number of piperidine rings is 1. The number of hydrogen-bond acceptors (Lipinski definition) is 5. The lowest BCUT2D eigenvalue weighted by Gasteiger charge is -2.34. The van der Waals surface area contributed by atoms with Crippen molar-refractivity contribution < 1.29 is 17.6 Å². The summed E-state index contributed by atoms with van der Waals surface area (Å²) in [5.41, 5.74) is 3.00. The molecule has 0 spiro atoms. The van der Waals surface area contributed by atoms with Gasteiger partial charge in [-0.25, -0.2) is 17.5 Å². The summed E-state index contributed by atoms with van der Waals surface area (Å²) in [5, 5.41) is 7.57. The maximum atomic E-state index is 13.3. The number of amides is 1. The number of rotatable bonds is 7. The van der Waals surface area contributed by atoms with Gasteiger partial charge in [0.15, 0.2) is 9.84 Å². The van der Waals surface area contributed by atoms with E-state index in [2.05, 4.69) is 15.3 Å². The number of aromatic nitrogens is 2. The molecule has 1 aromatic heterocycles. The Kier molecular flexibility index (Phi) is 7.25. The van der Waals surface area contributed by atoms with Gasteiger partial charge >= 0.3 is 0 Å². The molecule has 4 rings (SSSR count). The van der Waals surface area contributed by atoms with Crippen molar-refractivity contribution in [3.05, 3.63) is 71.8 Å². The lowest BCUT2D eigenvalue weighted by Crippen LogP contribution is -2.44. The van der Waals surface area contributed by atoms with E-state index >= 15 is 0 Å². The number of sulfone groups is 1. The zero-order valence-electron chi connectivity index (χ0n) is 20.2. The molecule has 0 unspecified atom stereocenters. The molecule has 2 heterocycles. The Morgan fingerprint density at radius 1 is 1.06 bits per heavy atom. The van der Waals surface area contributed by atoms with Crippen molar-refractivity contribution in [2.24, 2.45) is 0 Å². The summed E-state index contributed by atoms with van der Waals surface area (Å²) in [5.74, 6) is -0.351. The molecule has 7 nitrogen and oxygen atoms in total. The third-order valence-corrected chi connectivity index (χ3v) is 8.19. The molecule has 0 bridgehead atoms. The number of carbonyl (C=O) groups is 1. The van der Waals surface area contributed by atoms with Crippen molar-refractivity contribution in [2.75, 3.05) is 23.7 Å². The van der Waals surface area contributed by atoms with E-state index in [1.54, 1.807) is 42.1 Å². The van der Waals surface area contributed by atoms with Gasteiger partial charge in [0.05, 0.1) is 33.8 Å². The van der Waals surface area contributed by atoms with Gasteiger partial charge in [0.1, 0.15) is 5.82 Å². The molecule has 0 atom stereocenters. The van der Waals surface area contributed by atoms with Gasteiger partial charge in [0, 0.05) is 24.8 Å². The fourth-order valence-electron chi connectivity index (χ4n) is 4.45. The van der Waals surface area contributed by atoms with Gasteiger partial charge in [-0.2, -0.15) is 5.10 Å². The molecule has 1 aliphatic heterocycles. The Morgan fingerprint density at radius 2 is 1.66 bits per heavy atom. The van der Waals surface area contributed by atoms with Gasteiger partial charge in [0.25, 0.3) is 5.91 Å². The van der Waals surface area contributed by atoms with Crippen molar-refractivity contribution in [3.8, 4) is 5.69 Å². The highest BCUT2D eigenvalue weighted by molar-refractivity contribution is 7.91. The lowest BCUT2D eigenvalue weighted by molar-refractivity contribution is 0.0929. The average Bonchev–Trinajstić information content (AvgIpc) is 3.31. The first-order valence-corrected chi connectivity index (χ1v) is 13.6. The van der Waals surface area contributed by atoms with E-state index in [1.807, 2.05) is 26.0 Å². The van der Waals surface area contributed by atoms with Crippen molar-refractivity contribution in [1.82, 2.24) is 15.1 Å². The fourth-order valence-corrected chi connectivity index (χ4v) is 5.34. The highest BCUT2D eigenvalue weighted by Gasteiger charge is 2.25. The predicted octanol–water partition coefficient (Wildman–Crippen LogP) is 4.33. The monoisotopic (exact) mass is 498 g/mol. The van der Waals surface area contributed by atoms with E-state index in [0.29, 0.717) is 16.1 Å². The second-order valence-electron chi connectivity index (χ2n) is 9.12. The van der Waals surface area contributed by atoms with E-state index in [-0.39, 0.29) is 29.4 Å². The standard InChI is InChI=1S/C26H31FN4O3S/c1-4-35(33,34)23-11-9-21(10-12-23)30-15-13-20(14-16-30)29-26(32)24-17-28-31(25(24)18(2)3)22-7-5-19(27)6-8-22/h5-12,17-18,20H,4,13-16H2,1-3H3,(H,29,32). The maximum Gasteiger partial charge on any atom is 0.255 e. The van der Waals surface area contributed by atoms with Crippen LogP contribution in [0, 0.1) is 5.82 Å². The van der Waals surface area contributed by atoms with E-state index in [1.165, 1.54) is 12.1 Å². The quantitative estimate of drug-likeness (QED) is 0.524. The minimum Gasteiger partial charge on any atom is -0.371 e. The molecule has 35 heavy (non-hydrogen) atoms. The summed E-state index contributed by atoms with van der Waals surface area (Å²) in [6.45, 7) is 7.17. The van der Waals surface area contributed by atoms with Crippen molar-refractivity contribution in [1.29, 1.82) is 0 Å². The third kappa shape index (κ3) is 5.40. The van der Waals surface area contributed by atoms with Crippen LogP contribution in [-0.2, 0) is 9.84 Å². The number of benzene rings is 2. The molecule has 9 heteroatoms. The molecule has 3 aromatic rings. The van der Waals surface area contributed by atoms with Crippen LogP contribution in [0.2, 0.25) is 0 Å². The van der Waals surface area contributed by atoms with Crippen molar-refractivity contribution in [2.45, 2.75) is 50.5 Å². The largest absolute Gasteiger partial charge is 0.371 e. The molecule has 0 radical (unpaired) electrons. The second kappa shape index (κ2) is 10.2. The summed E-state index contributed by atoms with van der Waals surface area (Å²) < 4.78 is 39.1. The summed E-state index contributed by atoms with van der Waals surface area (Å²) in [6, 6.07) is 13.1. The van der Waals surface area contributed by atoms with Crippen LogP contribution in [0.3, 0.4) is 0 Å². The van der Waals surface area contributed by atoms with Crippen molar-refractivity contribution in [3.63, 3.8) is 0 Å². The predicted molar refractivity (Wildman–Crippen MR) is 134 cm³/mol. The van der Waals surface area contributed by atoms with Crippen molar-refractivity contribution >= 4 is 21.4 Å². The molecule has 1 N–H and O–H groups in total. The zero-order valence-corrected chi connectivity index (χ0v) is 21.1. The summed E-state index contributed by atoms with van der Waals surface area (Å²) >= 11 is 0. The molecular formula is C26H31FN4O3S. The summed E-state index contributed by atoms with van der Waals surface area (Å²) in [7, 11) is -3.21. The van der Waals surface area contributed by atoms with E-state index in [0.717, 1.165) is 37.3 Å².